The van der Waals surface area contributed by atoms with Crippen molar-refractivity contribution in [1.29, 1.82) is 0 Å². The molecule has 2 aliphatic heterocycles. The van der Waals surface area contributed by atoms with Crippen molar-refractivity contribution < 1.29 is 4.79 Å². The number of carbonyl (C=O) groups excluding carboxylic acids is 1. The predicted molar refractivity (Wildman–Crippen MR) is 64.2 cm³/mol. The lowest BCUT2D eigenvalue weighted by Crippen LogP contribution is -2.57. The first kappa shape index (κ1) is 11.9. The average Bonchev–Trinajstić information content (AvgIpc) is 2.77. The fraction of sp³-hybridized carbons (Fsp3) is 0.917. The van der Waals surface area contributed by atoms with E-state index in [4.69, 9.17) is 0 Å². The molecule has 0 spiro atoms. The molecule has 0 bridgehead atoms. The van der Waals surface area contributed by atoms with Crippen molar-refractivity contribution in [3.8, 4) is 0 Å². The van der Waals surface area contributed by atoms with Crippen molar-refractivity contribution in [2.24, 2.45) is 5.92 Å². The number of carbonyl (C=O) groups is 1. The molecule has 16 heavy (non-hydrogen) atoms. The summed E-state index contributed by atoms with van der Waals surface area (Å²) in [5, 5.41) is 3.27. The van der Waals surface area contributed by atoms with Crippen LogP contribution < -0.4 is 5.32 Å². The average molecular weight is 225 g/mol. The van der Waals surface area contributed by atoms with E-state index in [0.717, 1.165) is 32.6 Å². The Morgan fingerprint density at radius 3 is 2.38 bits per heavy atom. The minimum Gasteiger partial charge on any atom is -0.339 e. The number of hydrogen-bond acceptors (Lipinski definition) is 3. The molecule has 2 saturated heterocycles. The summed E-state index contributed by atoms with van der Waals surface area (Å²) >= 11 is 0. The Hall–Kier alpha value is -0.610. The van der Waals surface area contributed by atoms with Crippen LogP contribution in [0.5, 0.6) is 0 Å². The van der Waals surface area contributed by atoms with Crippen LogP contribution in [0.1, 0.15) is 20.3 Å². The maximum atomic E-state index is 12.3. The molecule has 3 atom stereocenters. The lowest BCUT2D eigenvalue weighted by Gasteiger charge is -2.43. The zero-order valence-corrected chi connectivity index (χ0v) is 10.6. The fourth-order valence-corrected chi connectivity index (χ4v) is 2.71. The van der Waals surface area contributed by atoms with Gasteiger partial charge in [-0.05, 0) is 33.9 Å². The standard InChI is InChI=1S/C12H23N3O/c1-9-7-15(8-10(2)14(9)3)12(16)11-4-5-13-6-11/h9-11,13H,4-8H2,1-3H3. The third-order valence-electron chi connectivity index (χ3n) is 4.08. The van der Waals surface area contributed by atoms with E-state index in [-0.39, 0.29) is 5.92 Å². The molecule has 2 rings (SSSR count). The summed E-state index contributed by atoms with van der Waals surface area (Å²) in [4.78, 5) is 16.7. The summed E-state index contributed by atoms with van der Waals surface area (Å²) < 4.78 is 0. The van der Waals surface area contributed by atoms with Crippen molar-refractivity contribution in [1.82, 2.24) is 15.1 Å². The van der Waals surface area contributed by atoms with E-state index >= 15 is 0 Å². The topological polar surface area (TPSA) is 35.6 Å². The van der Waals surface area contributed by atoms with Gasteiger partial charge >= 0.3 is 0 Å². The van der Waals surface area contributed by atoms with Crippen LogP contribution in [0.4, 0.5) is 0 Å². The van der Waals surface area contributed by atoms with Gasteiger partial charge in [0.2, 0.25) is 5.91 Å². The Balaban J connectivity index is 1.96. The number of rotatable bonds is 1. The third-order valence-corrected chi connectivity index (χ3v) is 4.08. The van der Waals surface area contributed by atoms with E-state index in [0.29, 0.717) is 18.0 Å². The number of piperazine rings is 1. The Morgan fingerprint density at radius 2 is 1.88 bits per heavy atom. The maximum absolute atomic E-state index is 12.3. The first-order valence-corrected chi connectivity index (χ1v) is 6.31. The number of nitrogens with one attached hydrogen (secondary N) is 1. The van der Waals surface area contributed by atoms with E-state index < -0.39 is 0 Å². The summed E-state index contributed by atoms with van der Waals surface area (Å²) in [7, 11) is 2.15. The molecule has 0 saturated carbocycles. The quantitative estimate of drug-likeness (QED) is 0.690. The molecule has 1 amide bonds. The number of hydrogen-bond donors (Lipinski definition) is 1. The van der Waals surface area contributed by atoms with Crippen molar-refractivity contribution in [2.45, 2.75) is 32.4 Å². The summed E-state index contributed by atoms with van der Waals surface area (Å²) in [5.41, 5.74) is 0. The molecule has 1 N–H and O–H groups in total. The van der Waals surface area contributed by atoms with Crippen molar-refractivity contribution >= 4 is 5.91 Å². The van der Waals surface area contributed by atoms with Gasteiger partial charge in [0.25, 0.3) is 0 Å². The second-order valence-electron chi connectivity index (χ2n) is 5.30. The highest BCUT2D eigenvalue weighted by atomic mass is 16.2. The first-order chi connectivity index (χ1) is 7.59. The lowest BCUT2D eigenvalue weighted by atomic mass is 10.0. The summed E-state index contributed by atoms with van der Waals surface area (Å²) in [5.74, 6) is 0.583. The van der Waals surface area contributed by atoms with Crippen LogP contribution >= 0.6 is 0 Å². The maximum Gasteiger partial charge on any atom is 0.227 e. The third kappa shape index (κ3) is 2.23. The van der Waals surface area contributed by atoms with Crippen LogP contribution in [-0.2, 0) is 4.79 Å². The molecular weight excluding hydrogens is 202 g/mol. The zero-order chi connectivity index (χ0) is 11.7. The van der Waals surface area contributed by atoms with Crippen molar-refractivity contribution in [2.75, 3.05) is 33.2 Å². The summed E-state index contributed by atoms with van der Waals surface area (Å²) in [6, 6.07) is 0.948. The molecular formula is C12H23N3O. The van der Waals surface area contributed by atoms with E-state index in [1.54, 1.807) is 0 Å². The molecule has 0 aromatic rings. The first-order valence-electron chi connectivity index (χ1n) is 6.31. The van der Waals surface area contributed by atoms with Gasteiger partial charge < -0.3 is 10.2 Å². The molecule has 0 aromatic heterocycles. The number of likely N-dealkylation sites (N-methyl/N-ethyl adjacent to an activating group) is 1. The van der Waals surface area contributed by atoms with Crippen LogP contribution in [0.25, 0.3) is 0 Å². The molecule has 4 nitrogen and oxygen atoms in total. The SMILES string of the molecule is CC1CN(C(=O)C2CCNC2)CC(C)N1C. The van der Waals surface area contributed by atoms with Crippen molar-refractivity contribution in [3.63, 3.8) is 0 Å². The van der Waals surface area contributed by atoms with Crippen LogP contribution in [0, 0.1) is 5.92 Å². The molecule has 3 unspecified atom stereocenters. The van der Waals surface area contributed by atoms with Gasteiger partial charge in [0.1, 0.15) is 0 Å². The molecule has 0 aliphatic carbocycles. The van der Waals surface area contributed by atoms with Crippen LogP contribution in [0.2, 0.25) is 0 Å². The minimum absolute atomic E-state index is 0.225. The highest BCUT2D eigenvalue weighted by Gasteiger charge is 2.33. The van der Waals surface area contributed by atoms with E-state index in [1.165, 1.54) is 0 Å². The van der Waals surface area contributed by atoms with Gasteiger partial charge in [-0.3, -0.25) is 9.69 Å². The largest absolute Gasteiger partial charge is 0.339 e. The lowest BCUT2D eigenvalue weighted by molar-refractivity contribution is -0.138. The highest BCUT2D eigenvalue weighted by Crippen LogP contribution is 2.18. The Morgan fingerprint density at radius 1 is 1.25 bits per heavy atom. The molecule has 4 heteroatoms. The Bertz CT molecular complexity index is 251. The van der Waals surface area contributed by atoms with Gasteiger partial charge in [0.05, 0.1) is 5.92 Å². The second kappa shape index (κ2) is 4.72. The van der Waals surface area contributed by atoms with Crippen LogP contribution in [0.3, 0.4) is 0 Å². The summed E-state index contributed by atoms with van der Waals surface area (Å²) in [6.45, 7) is 8.03. The van der Waals surface area contributed by atoms with Gasteiger partial charge in [0, 0.05) is 31.7 Å². The molecule has 92 valence electrons. The Kier molecular flexibility index (Phi) is 3.50. The number of amides is 1. The smallest absolute Gasteiger partial charge is 0.227 e. The van der Waals surface area contributed by atoms with Crippen LogP contribution in [-0.4, -0.2) is 61.0 Å². The molecule has 2 aliphatic rings. The van der Waals surface area contributed by atoms with Crippen LogP contribution in [0.15, 0.2) is 0 Å². The minimum atomic E-state index is 0.225. The highest BCUT2D eigenvalue weighted by molar-refractivity contribution is 5.79. The zero-order valence-electron chi connectivity index (χ0n) is 10.6. The van der Waals surface area contributed by atoms with Gasteiger partial charge in [0.15, 0.2) is 0 Å². The van der Waals surface area contributed by atoms with E-state index in [9.17, 15) is 4.79 Å². The van der Waals surface area contributed by atoms with E-state index in [2.05, 4.69) is 36.0 Å². The molecule has 0 radical (unpaired) electrons. The van der Waals surface area contributed by atoms with Crippen molar-refractivity contribution in [3.05, 3.63) is 0 Å². The molecule has 0 aromatic carbocycles. The monoisotopic (exact) mass is 225 g/mol. The van der Waals surface area contributed by atoms with Gasteiger partial charge in [-0.15, -0.1) is 0 Å². The number of nitrogens with zero attached hydrogens (tertiary/aromatic N) is 2. The van der Waals surface area contributed by atoms with Gasteiger partial charge in [-0.1, -0.05) is 0 Å². The van der Waals surface area contributed by atoms with Gasteiger partial charge in [-0.25, -0.2) is 0 Å². The molecule has 2 fully saturated rings. The Labute approximate surface area is 98.0 Å². The normalized spacial score (nSPS) is 36.7. The van der Waals surface area contributed by atoms with Gasteiger partial charge in [-0.2, -0.15) is 0 Å². The van der Waals surface area contributed by atoms with E-state index in [1.807, 2.05) is 0 Å². The fourth-order valence-electron chi connectivity index (χ4n) is 2.71. The molecule has 2 heterocycles. The summed E-state index contributed by atoms with van der Waals surface area (Å²) in [6.07, 6.45) is 1.01. The second-order valence-corrected chi connectivity index (χ2v) is 5.30. The predicted octanol–water partition coefficient (Wildman–Crippen LogP) is 0.147.